The lowest BCUT2D eigenvalue weighted by Gasteiger charge is -2.28. The molecule has 0 amide bonds. The first-order valence-corrected chi connectivity index (χ1v) is 10.4. The van der Waals surface area contributed by atoms with Crippen molar-refractivity contribution >= 4 is 17.3 Å². The summed E-state index contributed by atoms with van der Waals surface area (Å²) in [7, 11) is 0. The van der Waals surface area contributed by atoms with E-state index in [1.165, 1.54) is 17.0 Å². The van der Waals surface area contributed by atoms with Gasteiger partial charge < -0.3 is 14.8 Å². The Morgan fingerprint density at radius 1 is 1.07 bits per heavy atom. The fraction of sp³-hybridized carbons (Fsp3) is 0.348. The van der Waals surface area contributed by atoms with Gasteiger partial charge in [-0.25, -0.2) is 0 Å². The largest absolute Gasteiger partial charge is 0.352 e. The molecule has 5 nitrogen and oxygen atoms in total. The van der Waals surface area contributed by atoms with E-state index in [9.17, 15) is 0 Å². The molecule has 1 aliphatic heterocycles. The maximum atomic E-state index is 5.78. The number of nitrogens with zero attached hydrogens (tertiary/aromatic N) is 4. The van der Waals surface area contributed by atoms with Crippen molar-refractivity contribution in [3.63, 3.8) is 0 Å². The SMILES string of the molecule is Cc1cc([C@@H]2[C@@H](c3ccccn3)NC(=S)N2Cc2ccccn2)c(C)n1C(C)C. The van der Waals surface area contributed by atoms with E-state index in [4.69, 9.17) is 12.2 Å². The average Bonchev–Trinajstić information content (AvgIpc) is 3.19. The fourth-order valence-electron chi connectivity index (χ4n) is 4.48. The zero-order valence-electron chi connectivity index (χ0n) is 17.3. The molecule has 0 radical (unpaired) electrons. The number of nitrogens with one attached hydrogen (secondary N) is 1. The van der Waals surface area contributed by atoms with Crippen LogP contribution in [0.15, 0.2) is 54.9 Å². The van der Waals surface area contributed by atoms with Crippen LogP contribution in [0.3, 0.4) is 0 Å². The third kappa shape index (κ3) is 3.65. The van der Waals surface area contributed by atoms with Crippen molar-refractivity contribution in [3.05, 3.63) is 83.2 Å². The number of thiocarbonyl (C=S) groups is 1. The molecule has 29 heavy (non-hydrogen) atoms. The zero-order chi connectivity index (χ0) is 20.5. The second-order valence-corrected chi connectivity index (χ2v) is 8.25. The molecule has 0 aromatic carbocycles. The van der Waals surface area contributed by atoms with Gasteiger partial charge in [0.2, 0.25) is 0 Å². The van der Waals surface area contributed by atoms with Crippen LogP contribution >= 0.6 is 12.2 Å². The molecule has 1 saturated heterocycles. The topological polar surface area (TPSA) is 46.0 Å². The van der Waals surface area contributed by atoms with E-state index in [2.05, 4.69) is 64.6 Å². The predicted octanol–water partition coefficient (Wildman–Crippen LogP) is 4.65. The summed E-state index contributed by atoms with van der Waals surface area (Å²) < 4.78 is 2.39. The van der Waals surface area contributed by atoms with Crippen molar-refractivity contribution in [2.24, 2.45) is 0 Å². The molecule has 3 aromatic rings. The molecule has 4 heterocycles. The quantitative estimate of drug-likeness (QED) is 0.626. The highest BCUT2D eigenvalue weighted by atomic mass is 32.1. The van der Waals surface area contributed by atoms with E-state index in [1.807, 2.05) is 42.7 Å². The van der Waals surface area contributed by atoms with E-state index < -0.39 is 0 Å². The Hall–Kier alpha value is -2.73. The number of hydrogen-bond donors (Lipinski definition) is 1. The van der Waals surface area contributed by atoms with Gasteiger partial charge in [0.1, 0.15) is 0 Å². The Labute approximate surface area is 177 Å². The molecule has 0 aliphatic carbocycles. The van der Waals surface area contributed by atoms with Gasteiger partial charge in [0.15, 0.2) is 5.11 Å². The van der Waals surface area contributed by atoms with Crippen LogP contribution in [-0.2, 0) is 6.54 Å². The molecule has 0 spiro atoms. The summed E-state index contributed by atoms with van der Waals surface area (Å²) >= 11 is 5.78. The van der Waals surface area contributed by atoms with Gasteiger partial charge in [-0.3, -0.25) is 9.97 Å². The van der Waals surface area contributed by atoms with Crippen LogP contribution in [0.2, 0.25) is 0 Å². The third-order valence-corrected chi connectivity index (χ3v) is 5.97. The highest BCUT2D eigenvalue weighted by molar-refractivity contribution is 7.80. The molecule has 2 atom stereocenters. The van der Waals surface area contributed by atoms with Crippen molar-refractivity contribution in [1.82, 2.24) is 24.8 Å². The summed E-state index contributed by atoms with van der Waals surface area (Å²) in [5.74, 6) is 0. The normalized spacial score (nSPS) is 19.1. The van der Waals surface area contributed by atoms with Crippen molar-refractivity contribution in [3.8, 4) is 0 Å². The molecule has 6 heteroatoms. The van der Waals surface area contributed by atoms with Crippen LogP contribution in [0.4, 0.5) is 0 Å². The van der Waals surface area contributed by atoms with Crippen LogP contribution < -0.4 is 5.32 Å². The molecular weight excluding hydrogens is 378 g/mol. The minimum atomic E-state index is -0.00600. The summed E-state index contributed by atoms with van der Waals surface area (Å²) in [5.41, 5.74) is 5.83. The van der Waals surface area contributed by atoms with Gasteiger partial charge in [0.25, 0.3) is 0 Å². The number of pyridine rings is 2. The Kier molecular flexibility index (Phi) is 5.37. The fourth-order valence-corrected chi connectivity index (χ4v) is 4.78. The smallest absolute Gasteiger partial charge is 0.170 e. The minimum Gasteiger partial charge on any atom is -0.352 e. The van der Waals surface area contributed by atoms with Gasteiger partial charge in [-0.05, 0) is 75.8 Å². The van der Waals surface area contributed by atoms with E-state index in [-0.39, 0.29) is 12.1 Å². The van der Waals surface area contributed by atoms with Crippen molar-refractivity contribution in [2.75, 3.05) is 0 Å². The average molecular weight is 406 g/mol. The summed E-state index contributed by atoms with van der Waals surface area (Å²) in [6.07, 6.45) is 3.67. The Morgan fingerprint density at radius 3 is 2.38 bits per heavy atom. The summed E-state index contributed by atoms with van der Waals surface area (Å²) in [4.78, 5) is 11.4. The minimum absolute atomic E-state index is 0.00600. The van der Waals surface area contributed by atoms with Crippen LogP contribution in [-0.4, -0.2) is 24.5 Å². The Morgan fingerprint density at radius 2 is 1.79 bits per heavy atom. The first kappa shape index (κ1) is 19.6. The molecule has 1 aliphatic rings. The first-order chi connectivity index (χ1) is 14.0. The molecule has 150 valence electrons. The Balaban J connectivity index is 1.81. The van der Waals surface area contributed by atoms with Gasteiger partial charge in [0, 0.05) is 29.8 Å². The van der Waals surface area contributed by atoms with Crippen LogP contribution in [0.1, 0.15) is 60.3 Å². The number of hydrogen-bond acceptors (Lipinski definition) is 3. The van der Waals surface area contributed by atoms with Gasteiger partial charge in [-0.2, -0.15) is 0 Å². The van der Waals surface area contributed by atoms with E-state index in [1.54, 1.807) is 0 Å². The lowest BCUT2D eigenvalue weighted by molar-refractivity contribution is 0.306. The van der Waals surface area contributed by atoms with Gasteiger partial charge in [-0.15, -0.1) is 0 Å². The second-order valence-electron chi connectivity index (χ2n) is 7.87. The van der Waals surface area contributed by atoms with Crippen molar-refractivity contribution in [1.29, 1.82) is 0 Å². The molecule has 1 N–H and O–H groups in total. The monoisotopic (exact) mass is 405 g/mol. The van der Waals surface area contributed by atoms with Gasteiger partial charge in [-0.1, -0.05) is 12.1 Å². The molecule has 4 rings (SSSR count). The Bertz CT molecular complexity index is 997. The van der Waals surface area contributed by atoms with Crippen molar-refractivity contribution in [2.45, 2.75) is 52.4 Å². The number of aromatic nitrogens is 3. The summed E-state index contributed by atoms with van der Waals surface area (Å²) in [5, 5.41) is 4.27. The highest BCUT2D eigenvalue weighted by Gasteiger charge is 2.41. The zero-order valence-corrected chi connectivity index (χ0v) is 18.1. The van der Waals surface area contributed by atoms with Gasteiger partial charge in [0.05, 0.1) is 30.0 Å². The molecular formula is C23H27N5S. The van der Waals surface area contributed by atoms with Crippen molar-refractivity contribution < 1.29 is 0 Å². The van der Waals surface area contributed by atoms with Crippen LogP contribution in [0, 0.1) is 13.8 Å². The molecule has 1 fully saturated rings. The maximum Gasteiger partial charge on any atom is 0.170 e. The number of rotatable bonds is 5. The first-order valence-electron chi connectivity index (χ1n) is 10.0. The summed E-state index contributed by atoms with van der Waals surface area (Å²) in [6, 6.07) is 14.8. The number of aryl methyl sites for hydroxylation is 1. The molecule has 3 aromatic heterocycles. The standard InChI is InChI=1S/C23H27N5S/c1-15(2)28-16(3)13-19(17(28)4)22-21(20-10-6-8-12-25-20)26-23(29)27(22)14-18-9-5-7-11-24-18/h5-13,15,21-22H,14H2,1-4H3,(H,26,29)/t21-,22-/m1/s1. The predicted molar refractivity (Wildman–Crippen MR) is 120 cm³/mol. The molecule has 0 saturated carbocycles. The lowest BCUT2D eigenvalue weighted by Crippen LogP contribution is -2.29. The summed E-state index contributed by atoms with van der Waals surface area (Å²) in [6.45, 7) is 9.49. The third-order valence-electron chi connectivity index (χ3n) is 5.61. The van der Waals surface area contributed by atoms with Crippen LogP contribution in [0.5, 0.6) is 0 Å². The molecule has 0 unspecified atom stereocenters. The highest BCUT2D eigenvalue weighted by Crippen LogP contribution is 2.41. The van der Waals surface area contributed by atoms with E-state index in [0.717, 1.165) is 16.5 Å². The maximum absolute atomic E-state index is 5.78. The van der Waals surface area contributed by atoms with Gasteiger partial charge >= 0.3 is 0 Å². The van der Waals surface area contributed by atoms with E-state index >= 15 is 0 Å². The van der Waals surface area contributed by atoms with E-state index in [0.29, 0.717) is 12.6 Å². The second kappa shape index (κ2) is 7.95. The molecule has 0 bridgehead atoms. The lowest BCUT2D eigenvalue weighted by atomic mass is 9.96. The van der Waals surface area contributed by atoms with Crippen LogP contribution in [0.25, 0.3) is 0 Å².